The van der Waals surface area contributed by atoms with Crippen molar-refractivity contribution in [1.29, 1.82) is 0 Å². The number of thiophene rings is 2. The lowest BCUT2D eigenvalue weighted by Crippen LogP contribution is -2.52. The van der Waals surface area contributed by atoms with Crippen LogP contribution < -0.4 is 20.3 Å². The molecule has 0 saturated heterocycles. The van der Waals surface area contributed by atoms with Crippen molar-refractivity contribution >= 4 is 44.5 Å². The molecule has 6 aromatic heterocycles. The summed E-state index contributed by atoms with van der Waals surface area (Å²) in [4.78, 5) is 32.1. The fraction of sp³-hybridized carbons (Fsp3) is 0.308. The maximum absolute atomic E-state index is 14.4. The van der Waals surface area contributed by atoms with Gasteiger partial charge in [0.05, 0.1) is 49.1 Å². The third-order valence-corrected chi connectivity index (χ3v) is 13.9. The second-order valence-corrected chi connectivity index (χ2v) is 20.0. The largest absolute Gasteiger partial charge is 0.496 e. The Morgan fingerprint density at radius 2 is 0.943 bits per heavy atom. The Balaban J connectivity index is 0.000000206. The van der Waals surface area contributed by atoms with Gasteiger partial charge in [0.1, 0.15) is 11.5 Å². The second-order valence-electron chi connectivity index (χ2n) is 18.4. The van der Waals surface area contributed by atoms with Gasteiger partial charge in [0.25, 0.3) is 0 Å². The highest BCUT2D eigenvalue weighted by molar-refractivity contribution is 7.08. The van der Waals surface area contributed by atoms with E-state index in [0.717, 1.165) is 22.3 Å². The first-order chi connectivity index (χ1) is 32.9. The van der Waals surface area contributed by atoms with Crippen molar-refractivity contribution in [3.8, 4) is 33.8 Å². The highest BCUT2D eigenvalue weighted by Gasteiger charge is 2.57. The molecule has 2 atom stereocenters. The Morgan fingerprint density at radius 3 is 1.27 bits per heavy atom. The van der Waals surface area contributed by atoms with Gasteiger partial charge in [-0.15, -0.1) is 0 Å². The molecule has 0 saturated carbocycles. The van der Waals surface area contributed by atoms with E-state index in [9.17, 15) is 46.1 Å². The van der Waals surface area contributed by atoms with Crippen molar-refractivity contribution in [3.63, 3.8) is 0 Å². The van der Waals surface area contributed by atoms with Crippen molar-refractivity contribution < 1.29 is 46.0 Å². The first-order valence-corrected chi connectivity index (χ1v) is 23.7. The molecule has 6 heterocycles. The Labute approximate surface area is 407 Å². The number of rotatable bonds is 14. The van der Waals surface area contributed by atoms with E-state index >= 15 is 0 Å². The van der Waals surface area contributed by atoms with Gasteiger partial charge in [-0.05, 0) is 116 Å². The van der Waals surface area contributed by atoms with Gasteiger partial charge in [-0.1, -0.05) is 39.8 Å². The molecule has 8 aromatic rings. The molecule has 0 spiro atoms. The number of halogens is 6. The lowest BCUT2D eigenvalue weighted by Gasteiger charge is -2.39. The van der Waals surface area contributed by atoms with E-state index in [0.29, 0.717) is 22.6 Å². The molecule has 0 bridgehead atoms. The summed E-state index contributed by atoms with van der Waals surface area (Å²) in [5, 5.41) is 30.5. The van der Waals surface area contributed by atoms with Crippen molar-refractivity contribution in [2.24, 2.45) is 0 Å². The summed E-state index contributed by atoms with van der Waals surface area (Å²) in [5.41, 5.74) is -3.88. The van der Waals surface area contributed by atoms with E-state index in [2.05, 4.69) is 9.97 Å². The van der Waals surface area contributed by atoms with Crippen molar-refractivity contribution in [2.75, 3.05) is 14.2 Å². The van der Waals surface area contributed by atoms with Gasteiger partial charge in [0.2, 0.25) is 0 Å². The molecule has 0 radical (unpaired) electrons. The number of methoxy groups -OCH3 is 2. The van der Waals surface area contributed by atoms with Crippen LogP contribution >= 0.6 is 22.7 Å². The van der Waals surface area contributed by atoms with Crippen molar-refractivity contribution in [3.05, 3.63) is 163 Å². The van der Waals surface area contributed by atoms with Gasteiger partial charge in [-0.3, -0.25) is 19.6 Å². The van der Waals surface area contributed by atoms with Crippen LogP contribution in [-0.2, 0) is 23.9 Å². The topological polar surface area (TPSA) is 129 Å². The Morgan fingerprint density at radius 1 is 0.557 bits per heavy atom. The number of alkyl halides is 6. The van der Waals surface area contributed by atoms with Gasteiger partial charge in [0, 0.05) is 60.4 Å². The molecule has 70 heavy (non-hydrogen) atoms. The number of ether oxygens (including phenoxy) is 2. The first kappa shape index (κ1) is 51.5. The summed E-state index contributed by atoms with van der Waals surface area (Å²) in [5.74, 6) is 0.886. The van der Waals surface area contributed by atoms with Gasteiger partial charge in [0.15, 0.2) is 22.1 Å². The number of aromatic nitrogens is 4. The second kappa shape index (κ2) is 19.8. The summed E-state index contributed by atoms with van der Waals surface area (Å²) in [6, 6.07) is 20.0. The minimum atomic E-state index is -4.94. The van der Waals surface area contributed by atoms with Crippen LogP contribution in [0, 0.1) is 0 Å². The third-order valence-electron chi connectivity index (χ3n) is 12.5. The quantitative estimate of drug-likeness (QED) is 0.103. The van der Waals surface area contributed by atoms with Crippen LogP contribution in [-0.4, -0.2) is 67.1 Å². The first-order valence-electron chi connectivity index (χ1n) is 21.8. The lowest BCUT2D eigenvalue weighted by molar-refractivity contribution is -0.271. The summed E-state index contributed by atoms with van der Waals surface area (Å²) >= 11 is 3.05. The molecular formula is C52H50F6N4O6S2. The molecule has 18 heteroatoms. The minimum Gasteiger partial charge on any atom is -0.496 e. The number of pyridine rings is 4. The number of fused-ring (bicyclic) bond motifs is 2. The molecule has 2 aromatic carbocycles. The molecular weight excluding hydrogens is 955 g/mol. The monoisotopic (exact) mass is 1000 g/mol. The molecule has 0 aliphatic rings. The average molecular weight is 1010 g/mol. The van der Waals surface area contributed by atoms with E-state index in [4.69, 9.17) is 9.47 Å². The SMILES string of the molecule is COc1ccc(-c2ccsc2)cc1C(C)(C)CC(O)(Cn1ccc(=O)c2cnccc21)C(F)(F)F.COc1ccc(-c2ccsc2)cc1C(C)(C)CC(O)(Cn1ccc(=O)c2cnccc21)C(F)(F)F. The molecule has 8 rings (SSSR count). The van der Waals surface area contributed by atoms with E-state index in [1.165, 1.54) is 107 Å². The van der Waals surface area contributed by atoms with E-state index in [1.807, 2.05) is 57.9 Å². The van der Waals surface area contributed by atoms with Gasteiger partial charge < -0.3 is 28.8 Å². The van der Waals surface area contributed by atoms with Crippen molar-refractivity contribution in [2.45, 2.75) is 88.0 Å². The highest BCUT2D eigenvalue weighted by atomic mass is 32.1. The average Bonchev–Trinajstić information content (AvgIpc) is 4.07. The molecule has 0 aliphatic heterocycles. The van der Waals surface area contributed by atoms with Crippen LogP contribution in [0.2, 0.25) is 0 Å². The van der Waals surface area contributed by atoms with Crippen LogP contribution in [0.3, 0.4) is 0 Å². The van der Waals surface area contributed by atoms with Crippen LogP contribution in [0.5, 0.6) is 11.5 Å². The van der Waals surface area contributed by atoms with E-state index < -0.39 is 60.3 Å². The predicted octanol–water partition coefficient (Wildman–Crippen LogP) is 11.6. The summed E-state index contributed by atoms with van der Waals surface area (Å²) in [7, 11) is 2.94. The zero-order valence-electron chi connectivity index (χ0n) is 38.9. The number of hydrogen-bond acceptors (Lipinski definition) is 10. The summed E-state index contributed by atoms with van der Waals surface area (Å²) in [6.07, 6.45) is -3.19. The molecule has 10 nitrogen and oxygen atoms in total. The number of nitrogens with zero attached hydrogens (tertiary/aromatic N) is 4. The van der Waals surface area contributed by atoms with Crippen LogP contribution in [0.15, 0.2) is 141 Å². The fourth-order valence-corrected chi connectivity index (χ4v) is 10.3. The molecule has 2 unspecified atom stereocenters. The van der Waals surface area contributed by atoms with Gasteiger partial charge in [-0.2, -0.15) is 49.0 Å². The standard InChI is InChI=1S/2C26H25F3N2O3S/c2*1-24(2,20-12-17(4-5-23(20)34-3)18-8-11-35-14-18)15-25(33,26(27,28)29)16-31-10-7-22(32)19-13-30-9-6-21(19)31/h2*4-14,33H,15-16H2,1-3H3. The highest BCUT2D eigenvalue weighted by Crippen LogP contribution is 2.47. The predicted molar refractivity (Wildman–Crippen MR) is 262 cm³/mol. The molecule has 0 fully saturated rings. The van der Waals surface area contributed by atoms with Crippen molar-refractivity contribution in [1.82, 2.24) is 19.1 Å². The third kappa shape index (κ3) is 10.7. The maximum Gasteiger partial charge on any atom is 0.418 e. The summed E-state index contributed by atoms with van der Waals surface area (Å²) in [6.45, 7) is 5.07. The Hall–Kier alpha value is -6.34. The van der Waals surface area contributed by atoms with Gasteiger partial charge >= 0.3 is 12.4 Å². The fourth-order valence-electron chi connectivity index (χ4n) is 8.98. The lowest BCUT2D eigenvalue weighted by atomic mass is 9.73. The zero-order chi connectivity index (χ0) is 50.9. The molecule has 0 aliphatic carbocycles. The normalized spacial score (nSPS) is 14.1. The van der Waals surface area contributed by atoms with Gasteiger partial charge in [-0.25, -0.2) is 0 Å². The van der Waals surface area contributed by atoms with Crippen LogP contribution in [0.4, 0.5) is 26.3 Å². The number of aliphatic hydroxyl groups is 2. The van der Waals surface area contributed by atoms with Crippen LogP contribution in [0.1, 0.15) is 51.7 Å². The smallest absolute Gasteiger partial charge is 0.418 e. The molecule has 2 N–H and O–H groups in total. The van der Waals surface area contributed by atoms with Crippen LogP contribution in [0.25, 0.3) is 44.1 Å². The van der Waals surface area contributed by atoms with E-state index in [1.54, 1.807) is 39.8 Å². The molecule has 0 amide bonds. The minimum absolute atomic E-state index is 0.184. The summed E-state index contributed by atoms with van der Waals surface area (Å²) < 4.78 is 100. The zero-order valence-corrected chi connectivity index (χ0v) is 40.6. The maximum atomic E-state index is 14.4. The number of hydrogen-bond donors (Lipinski definition) is 2. The Kier molecular flexibility index (Phi) is 14.6. The van der Waals surface area contributed by atoms with E-state index in [-0.39, 0.29) is 32.7 Å². The molecule has 368 valence electrons. The number of benzene rings is 2. The Bertz CT molecular complexity index is 3010.